The van der Waals surface area contributed by atoms with E-state index in [4.69, 9.17) is 0 Å². The Morgan fingerprint density at radius 3 is 3.12 bits per heavy atom. The second-order valence-corrected chi connectivity index (χ2v) is 4.54. The van der Waals surface area contributed by atoms with Crippen molar-refractivity contribution in [2.24, 2.45) is 0 Å². The highest BCUT2D eigenvalue weighted by Gasteiger charge is 2.21. The summed E-state index contributed by atoms with van der Waals surface area (Å²) in [6.45, 7) is 4.04. The second-order valence-electron chi connectivity index (χ2n) is 4.54. The van der Waals surface area contributed by atoms with Crippen LogP contribution < -0.4 is 5.32 Å². The van der Waals surface area contributed by atoms with Crippen LogP contribution in [-0.4, -0.2) is 9.78 Å². The van der Waals surface area contributed by atoms with Crippen LogP contribution >= 0.6 is 0 Å². The van der Waals surface area contributed by atoms with Gasteiger partial charge in [0.1, 0.15) is 0 Å². The molecule has 1 unspecified atom stereocenters. The lowest BCUT2D eigenvalue weighted by atomic mass is 10.0. The molecular weight excluding hydrogens is 210 g/mol. The molecule has 3 nitrogen and oxygen atoms in total. The Morgan fingerprint density at radius 2 is 2.29 bits per heavy atom. The van der Waals surface area contributed by atoms with Crippen molar-refractivity contribution in [1.29, 1.82) is 0 Å². The molecule has 0 spiro atoms. The van der Waals surface area contributed by atoms with E-state index in [2.05, 4.69) is 47.8 Å². The summed E-state index contributed by atoms with van der Waals surface area (Å²) < 4.78 is 1.98. The van der Waals surface area contributed by atoms with Gasteiger partial charge in [-0.15, -0.1) is 0 Å². The number of rotatable bonds is 3. The van der Waals surface area contributed by atoms with Gasteiger partial charge in [-0.3, -0.25) is 4.68 Å². The van der Waals surface area contributed by atoms with E-state index < -0.39 is 0 Å². The SMILES string of the molecule is CCn1cc(CC2NCc3ccccc32)cn1. The van der Waals surface area contributed by atoms with Crippen LogP contribution in [0.15, 0.2) is 36.7 Å². The molecule has 0 saturated heterocycles. The largest absolute Gasteiger partial charge is 0.306 e. The maximum absolute atomic E-state index is 4.32. The zero-order valence-corrected chi connectivity index (χ0v) is 10.1. The highest BCUT2D eigenvalue weighted by Crippen LogP contribution is 2.27. The van der Waals surface area contributed by atoms with Crippen molar-refractivity contribution in [2.45, 2.75) is 32.5 Å². The fourth-order valence-electron chi connectivity index (χ4n) is 2.48. The average Bonchev–Trinajstić information content (AvgIpc) is 2.97. The van der Waals surface area contributed by atoms with Gasteiger partial charge in [-0.05, 0) is 30.0 Å². The fourth-order valence-corrected chi connectivity index (χ4v) is 2.48. The number of benzene rings is 1. The van der Waals surface area contributed by atoms with Crippen molar-refractivity contribution >= 4 is 0 Å². The predicted octanol–water partition coefficient (Wildman–Crippen LogP) is 2.29. The molecule has 1 aliphatic rings. The smallest absolute Gasteiger partial charge is 0.0522 e. The molecule has 3 rings (SSSR count). The van der Waals surface area contributed by atoms with Gasteiger partial charge in [0.05, 0.1) is 6.20 Å². The van der Waals surface area contributed by atoms with Gasteiger partial charge in [-0.1, -0.05) is 24.3 Å². The third-order valence-electron chi connectivity index (χ3n) is 3.42. The molecule has 0 saturated carbocycles. The maximum Gasteiger partial charge on any atom is 0.0522 e. The number of fused-ring (bicyclic) bond motifs is 1. The molecule has 1 aliphatic heterocycles. The maximum atomic E-state index is 4.32. The van der Waals surface area contributed by atoms with Gasteiger partial charge in [0.15, 0.2) is 0 Å². The lowest BCUT2D eigenvalue weighted by molar-refractivity contribution is 0.580. The summed E-state index contributed by atoms with van der Waals surface area (Å²) in [5, 5.41) is 7.88. The quantitative estimate of drug-likeness (QED) is 0.872. The average molecular weight is 227 g/mol. The summed E-state index contributed by atoms with van der Waals surface area (Å²) >= 11 is 0. The van der Waals surface area contributed by atoms with Crippen LogP contribution in [0.1, 0.15) is 29.7 Å². The summed E-state index contributed by atoms with van der Waals surface area (Å²) in [5.74, 6) is 0. The summed E-state index contributed by atoms with van der Waals surface area (Å²) in [7, 11) is 0. The first kappa shape index (κ1) is 10.5. The highest BCUT2D eigenvalue weighted by molar-refractivity contribution is 5.34. The summed E-state index contributed by atoms with van der Waals surface area (Å²) in [5.41, 5.74) is 4.18. The molecule has 88 valence electrons. The fraction of sp³-hybridized carbons (Fsp3) is 0.357. The lowest BCUT2D eigenvalue weighted by Crippen LogP contribution is -2.14. The molecule has 2 heterocycles. The molecule has 0 amide bonds. The Kier molecular flexibility index (Phi) is 2.69. The number of nitrogens with one attached hydrogen (secondary N) is 1. The van der Waals surface area contributed by atoms with Crippen LogP contribution in [0.2, 0.25) is 0 Å². The first-order valence-corrected chi connectivity index (χ1v) is 6.19. The van der Waals surface area contributed by atoms with Crippen molar-refractivity contribution < 1.29 is 0 Å². The van der Waals surface area contributed by atoms with E-state index in [0.717, 1.165) is 19.5 Å². The van der Waals surface area contributed by atoms with Crippen LogP contribution in [0.4, 0.5) is 0 Å². The van der Waals surface area contributed by atoms with E-state index in [1.165, 1.54) is 16.7 Å². The van der Waals surface area contributed by atoms with E-state index in [0.29, 0.717) is 6.04 Å². The van der Waals surface area contributed by atoms with Crippen molar-refractivity contribution in [1.82, 2.24) is 15.1 Å². The molecule has 1 atom stereocenters. The van der Waals surface area contributed by atoms with E-state index >= 15 is 0 Å². The molecule has 3 heteroatoms. The third kappa shape index (κ3) is 1.98. The number of hydrogen-bond donors (Lipinski definition) is 1. The molecule has 1 aromatic carbocycles. The van der Waals surface area contributed by atoms with Crippen LogP contribution in [-0.2, 0) is 19.5 Å². The molecule has 1 N–H and O–H groups in total. The minimum absolute atomic E-state index is 0.445. The summed E-state index contributed by atoms with van der Waals surface area (Å²) in [6, 6.07) is 9.11. The number of hydrogen-bond acceptors (Lipinski definition) is 2. The molecule has 0 fully saturated rings. The predicted molar refractivity (Wildman–Crippen MR) is 67.6 cm³/mol. The van der Waals surface area contributed by atoms with E-state index in [1.807, 2.05) is 10.9 Å². The molecule has 2 aromatic rings. The normalized spacial score (nSPS) is 18.3. The Morgan fingerprint density at radius 1 is 1.41 bits per heavy atom. The standard InChI is InChI=1S/C14H17N3/c1-2-17-10-11(8-16-17)7-14-13-6-4-3-5-12(13)9-15-14/h3-6,8,10,14-15H,2,7,9H2,1H3. The molecular formula is C14H17N3. The van der Waals surface area contributed by atoms with Crippen molar-refractivity contribution in [3.05, 3.63) is 53.3 Å². The van der Waals surface area contributed by atoms with E-state index in [9.17, 15) is 0 Å². The summed E-state index contributed by atoms with van der Waals surface area (Å²) in [6.07, 6.45) is 5.14. The zero-order chi connectivity index (χ0) is 11.7. The lowest BCUT2D eigenvalue weighted by Gasteiger charge is -2.10. The summed E-state index contributed by atoms with van der Waals surface area (Å²) in [4.78, 5) is 0. The molecule has 1 aromatic heterocycles. The van der Waals surface area contributed by atoms with Gasteiger partial charge in [-0.2, -0.15) is 5.10 Å². The van der Waals surface area contributed by atoms with Crippen molar-refractivity contribution in [2.75, 3.05) is 0 Å². The topological polar surface area (TPSA) is 29.9 Å². The van der Waals surface area contributed by atoms with Gasteiger partial charge < -0.3 is 5.32 Å². The monoisotopic (exact) mass is 227 g/mol. The molecule has 0 aliphatic carbocycles. The second kappa shape index (κ2) is 4.34. The minimum atomic E-state index is 0.445. The van der Waals surface area contributed by atoms with Crippen LogP contribution in [0.5, 0.6) is 0 Å². The first-order chi connectivity index (χ1) is 8.36. The van der Waals surface area contributed by atoms with Gasteiger partial charge in [0.25, 0.3) is 0 Å². The molecule has 17 heavy (non-hydrogen) atoms. The van der Waals surface area contributed by atoms with Gasteiger partial charge >= 0.3 is 0 Å². The third-order valence-corrected chi connectivity index (χ3v) is 3.42. The van der Waals surface area contributed by atoms with Gasteiger partial charge in [0, 0.05) is 25.3 Å². The Balaban J connectivity index is 1.79. The molecule has 0 bridgehead atoms. The van der Waals surface area contributed by atoms with E-state index in [1.54, 1.807) is 0 Å². The van der Waals surface area contributed by atoms with Crippen LogP contribution in [0.3, 0.4) is 0 Å². The highest BCUT2D eigenvalue weighted by atomic mass is 15.3. The van der Waals surface area contributed by atoms with Crippen molar-refractivity contribution in [3.8, 4) is 0 Å². The van der Waals surface area contributed by atoms with Gasteiger partial charge in [0.2, 0.25) is 0 Å². The van der Waals surface area contributed by atoms with Gasteiger partial charge in [-0.25, -0.2) is 0 Å². The first-order valence-electron chi connectivity index (χ1n) is 6.19. The Labute approximate surface area is 101 Å². The van der Waals surface area contributed by atoms with Crippen LogP contribution in [0.25, 0.3) is 0 Å². The number of aryl methyl sites for hydroxylation is 1. The van der Waals surface area contributed by atoms with E-state index in [-0.39, 0.29) is 0 Å². The minimum Gasteiger partial charge on any atom is -0.306 e. The zero-order valence-electron chi connectivity index (χ0n) is 10.1. The van der Waals surface area contributed by atoms with Crippen molar-refractivity contribution in [3.63, 3.8) is 0 Å². The van der Waals surface area contributed by atoms with Crippen LogP contribution in [0, 0.1) is 0 Å². The Bertz CT molecular complexity index is 516. The molecule has 0 radical (unpaired) electrons. The number of aromatic nitrogens is 2. The Hall–Kier alpha value is -1.61. The number of nitrogens with zero attached hydrogens (tertiary/aromatic N) is 2.